The van der Waals surface area contributed by atoms with Gasteiger partial charge >= 0.3 is 0 Å². The Hall–Kier alpha value is -0.0800. The summed E-state index contributed by atoms with van der Waals surface area (Å²) in [5.41, 5.74) is 6.23. The van der Waals surface area contributed by atoms with Gasteiger partial charge in [-0.2, -0.15) is 0 Å². The van der Waals surface area contributed by atoms with Crippen LogP contribution in [0, 0.1) is 11.8 Å². The molecule has 0 aromatic carbocycles. The fraction of sp³-hybridized carbons (Fsp3) is 1.00. The zero-order valence-corrected chi connectivity index (χ0v) is 8.63. The molecule has 1 aliphatic heterocycles. The third-order valence-electron chi connectivity index (χ3n) is 3.51. The quantitative estimate of drug-likeness (QED) is 0.687. The average molecular weight is 171 g/mol. The van der Waals surface area contributed by atoms with Crippen LogP contribution in [0.4, 0.5) is 0 Å². The minimum atomic E-state index is -0.0891. The summed E-state index contributed by atoms with van der Waals surface area (Å²) in [5, 5.41) is 0. The van der Waals surface area contributed by atoms with E-state index in [1.54, 1.807) is 0 Å². The predicted octanol–water partition coefficient (Wildman–Crippen LogP) is 1.78. The Morgan fingerprint density at radius 3 is 2.33 bits per heavy atom. The lowest BCUT2D eigenvalue weighted by Crippen LogP contribution is -2.53. The van der Waals surface area contributed by atoms with Crippen molar-refractivity contribution in [3.63, 3.8) is 0 Å². The maximum absolute atomic E-state index is 6.32. The van der Waals surface area contributed by atoms with Crippen molar-refractivity contribution in [1.82, 2.24) is 0 Å². The number of hydrogen-bond acceptors (Lipinski definition) is 2. The summed E-state index contributed by atoms with van der Waals surface area (Å²) in [7, 11) is 0. The zero-order valence-electron chi connectivity index (χ0n) is 8.63. The Balaban J connectivity index is 2.69. The van der Waals surface area contributed by atoms with E-state index in [0.29, 0.717) is 11.8 Å². The zero-order chi connectivity index (χ0) is 9.35. The van der Waals surface area contributed by atoms with Crippen LogP contribution in [-0.2, 0) is 4.74 Å². The summed E-state index contributed by atoms with van der Waals surface area (Å²) < 4.78 is 5.51. The third-order valence-corrected chi connectivity index (χ3v) is 3.51. The van der Waals surface area contributed by atoms with Gasteiger partial charge in [-0.3, -0.25) is 0 Å². The highest BCUT2D eigenvalue weighted by atomic mass is 16.5. The molecule has 0 aliphatic carbocycles. The van der Waals surface area contributed by atoms with E-state index < -0.39 is 0 Å². The van der Waals surface area contributed by atoms with E-state index in [1.807, 2.05) is 0 Å². The molecule has 2 heteroatoms. The van der Waals surface area contributed by atoms with Gasteiger partial charge in [0.05, 0.1) is 6.10 Å². The lowest BCUT2D eigenvalue weighted by atomic mass is 9.75. The summed E-state index contributed by atoms with van der Waals surface area (Å²) in [6.45, 7) is 9.60. The fourth-order valence-electron chi connectivity index (χ4n) is 1.99. The van der Waals surface area contributed by atoms with Crippen LogP contribution >= 0.6 is 0 Å². The molecule has 0 spiro atoms. The Morgan fingerprint density at radius 2 is 2.00 bits per heavy atom. The Labute approximate surface area is 75.5 Å². The molecule has 2 nitrogen and oxygen atoms in total. The molecule has 1 rings (SSSR count). The predicted molar refractivity (Wildman–Crippen MR) is 51.0 cm³/mol. The molecule has 0 aromatic rings. The highest BCUT2D eigenvalue weighted by Gasteiger charge is 2.43. The Kier molecular flexibility index (Phi) is 2.79. The van der Waals surface area contributed by atoms with Crippen molar-refractivity contribution in [3.8, 4) is 0 Å². The third kappa shape index (κ3) is 1.50. The van der Waals surface area contributed by atoms with Gasteiger partial charge in [-0.05, 0) is 25.2 Å². The lowest BCUT2D eigenvalue weighted by Gasteiger charge is -2.36. The van der Waals surface area contributed by atoms with Crippen molar-refractivity contribution in [2.24, 2.45) is 17.6 Å². The molecular formula is C10H21NO. The Bertz CT molecular complexity index is 158. The lowest BCUT2D eigenvalue weighted by molar-refractivity contribution is 0.0680. The van der Waals surface area contributed by atoms with E-state index >= 15 is 0 Å². The second-order valence-corrected chi connectivity index (χ2v) is 4.41. The van der Waals surface area contributed by atoms with Gasteiger partial charge in [0.15, 0.2) is 0 Å². The van der Waals surface area contributed by atoms with Crippen LogP contribution in [0.15, 0.2) is 0 Å². The van der Waals surface area contributed by atoms with Gasteiger partial charge in [-0.15, -0.1) is 0 Å². The molecule has 1 saturated heterocycles. The number of ether oxygens (including phenoxy) is 1. The molecule has 1 fully saturated rings. The van der Waals surface area contributed by atoms with Crippen LogP contribution in [0.2, 0.25) is 0 Å². The average Bonchev–Trinajstić information content (AvgIpc) is 2.32. The van der Waals surface area contributed by atoms with Gasteiger partial charge in [0.25, 0.3) is 0 Å². The van der Waals surface area contributed by atoms with Crippen molar-refractivity contribution in [2.45, 2.75) is 45.8 Å². The van der Waals surface area contributed by atoms with Gasteiger partial charge in [-0.25, -0.2) is 0 Å². The second kappa shape index (κ2) is 3.35. The molecule has 3 atom stereocenters. The first-order valence-corrected chi connectivity index (χ1v) is 4.89. The highest BCUT2D eigenvalue weighted by Crippen LogP contribution is 2.34. The van der Waals surface area contributed by atoms with Crippen molar-refractivity contribution < 1.29 is 4.74 Å². The van der Waals surface area contributed by atoms with Gasteiger partial charge in [0, 0.05) is 12.1 Å². The molecule has 0 amide bonds. The SMILES string of the molecule is CC(C)C(C)C1(N)CCOC1C. The smallest absolute Gasteiger partial charge is 0.0729 e. The number of rotatable bonds is 2. The monoisotopic (exact) mass is 171 g/mol. The van der Waals surface area contributed by atoms with E-state index in [2.05, 4.69) is 27.7 Å². The summed E-state index contributed by atoms with van der Waals surface area (Å²) in [5.74, 6) is 1.18. The number of hydrogen-bond donors (Lipinski definition) is 1. The largest absolute Gasteiger partial charge is 0.377 e. The van der Waals surface area contributed by atoms with Gasteiger partial charge < -0.3 is 10.5 Å². The topological polar surface area (TPSA) is 35.2 Å². The molecule has 0 radical (unpaired) electrons. The summed E-state index contributed by atoms with van der Waals surface area (Å²) in [4.78, 5) is 0. The van der Waals surface area contributed by atoms with E-state index in [-0.39, 0.29) is 11.6 Å². The van der Waals surface area contributed by atoms with E-state index in [4.69, 9.17) is 10.5 Å². The van der Waals surface area contributed by atoms with Crippen molar-refractivity contribution in [1.29, 1.82) is 0 Å². The molecule has 2 N–H and O–H groups in total. The first-order valence-electron chi connectivity index (χ1n) is 4.89. The molecule has 72 valence electrons. The standard InChI is InChI=1S/C10H21NO/c1-7(2)8(3)10(11)5-6-12-9(10)4/h7-9H,5-6,11H2,1-4H3. The van der Waals surface area contributed by atoms with E-state index in [0.717, 1.165) is 13.0 Å². The molecule has 12 heavy (non-hydrogen) atoms. The molecular weight excluding hydrogens is 150 g/mol. The Morgan fingerprint density at radius 1 is 1.42 bits per heavy atom. The summed E-state index contributed by atoms with van der Waals surface area (Å²) >= 11 is 0. The van der Waals surface area contributed by atoms with E-state index in [1.165, 1.54) is 0 Å². The van der Waals surface area contributed by atoms with Gasteiger partial charge in [-0.1, -0.05) is 20.8 Å². The van der Waals surface area contributed by atoms with Crippen LogP contribution in [0.5, 0.6) is 0 Å². The molecule has 0 saturated carbocycles. The van der Waals surface area contributed by atoms with Crippen LogP contribution in [0.1, 0.15) is 34.1 Å². The summed E-state index contributed by atoms with van der Waals surface area (Å²) in [6.07, 6.45) is 1.22. The van der Waals surface area contributed by atoms with Crippen LogP contribution in [-0.4, -0.2) is 18.2 Å². The van der Waals surface area contributed by atoms with Crippen molar-refractivity contribution in [2.75, 3.05) is 6.61 Å². The maximum atomic E-state index is 6.32. The molecule has 1 aliphatic rings. The van der Waals surface area contributed by atoms with Crippen LogP contribution < -0.4 is 5.73 Å². The van der Waals surface area contributed by atoms with Gasteiger partial charge in [0.1, 0.15) is 0 Å². The minimum absolute atomic E-state index is 0.0891. The highest BCUT2D eigenvalue weighted by molar-refractivity contribution is 4.99. The first-order chi connectivity index (χ1) is 5.48. The van der Waals surface area contributed by atoms with Crippen molar-refractivity contribution >= 4 is 0 Å². The maximum Gasteiger partial charge on any atom is 0.0729 e. The fourth-order valence-corrected chi connectivity index (χ4v) is 1.99. The molecule has 3 unspecified atom stereocenters. The van der Waals surface area contributed by atoms with Crippen LogP contribution in [0.25, 0.3) is 0 Å². The number of nitrogens with two attached hydrogens (primary N) is 1. The molecule has 0 bridgehead atoms. The molecule has 0 aromatic heterocycles. The first kappa shape index (κ1) is 10.0. The van der Waals surface area contributed by atoms with Crippen molar-refractivity contribution in [3.05, 3.63) is 0 Å². The molecule has 1 heterocycles. The minimum Gasteiger partial charge on any atom is -0.377 e. The summed E-state index contributed by atoms with van der Waals surface area (Å²) in [6, 6.07) is 0. The van der Waals surface area contributed by atoms with E-state index in [9.17, 15) is 0 Å². The second-order valence-electron chi connectivity index (χ2n) is 4.41. The van der Waals surface area contributed by atoms with Crippen LogP contribution in [0.3, 0.4) is 0 Å². The van der Waals surface area contributed by atoms with Gasteiger partial charge in [0.2, 0.25) is 0 Å². The normalized spacial score (nSPS) is 39.0.